The van der Waals surface area contributed by atoms with Gasteiger partial charge in [-0.25, -0.2) is 4.98 Å². The van der Waals surface area contributed by atoms with Gasteiger partial charge in [0.15, 0.2) is 0 Å². The minimum absolute atomic E-state index is 0.0921. The minimum Gasteiger partial charge on any atom is -0.335 e. The molecule has 2 aromatic heterocycles. The number of fused-ring (bicyclic) bond motifs is 1. The molecule has 0 radical (unpaired) electrons. The summed E-state index contributed by atoms with van der Waals surface area (Å²) < 4.78 is 0. The lowest BCUT2D eigenvalue weighted by Crippen LogP contribution is -2.45. The zero-order chi connectivity index (χ0) is 21.8. The second-order valence-corrected chi connectivity index (χ2v) is 7.56. The SMILES string of the molecule is CN(CC(=O)Nc1ccc([C@@H]2NC(=O)c3cccnc3N2C)cc1)Cc1ccncc1. The monoisotopic (exact) mass is 416 g/mol. The minimum atomic E-state index is -0.328. The summed E-state index contributed by atoms with van der Waals surface area (Å²) in [5.74, 6) is 0.400. The number of rotatable bonds is 6. The lowest BCUT2D eigenvalue weighted by molar-refractivity contribution is -0.117. The second-order valence-electron chi connectivity index (χ2n) is 7.56. The molecule has 8 heteroatoms. The van der Waals surface area contributed by atoms with Crippen molar-refractivity contribution in [2.45, 2.75) is 12.7 Å². The fourth-order valence-corrected chi connectivity index (χ4v) is 3.63. The summed E-state index contributed by atoms with van der Waals surface area (Å²) in [7, 11) is 3.79. The van der Waals surface area contributed by atoms with E-state index in [2.05, 4.69) is 20.6 Å². The fraction of sp³-hybridized carbons (Fsp3) is 0.217. The van der Waals surface area contributed by atoms with Crippen molar-refractivity contribution in [3.8, 4) is 0 Å². The van der Waals surface area contributed by atoms with Gasteiger partial charge >= 0.3 is 0 Å². The van der Waals surface area contributed by atoms with Crippen LogP contribution < -0.4 is 15.5 Å². The molecule has 8 nitrogen and oxygen atoms in total. The molecule has 0 unspecified atom stereocenters. The Morgan fingerprint density at radius 2 is 1.87 bits per heavy atom. The van der Waals surface area contributed by atoms with Crippen LogP contribution in [0.4, 0.5) is 11.5 Å². The van der Waals surface area contributed by atoms with E-state index in [4.69, 9.17) is 0 Å². The van der Waals surface area contributed by atoms with Crippen molar-refractivity contribution < 1.29 is 9.59 Å². The number of carbonyl (C=O) groups excluding carboxylic acids is 2. The van der Waals surface area contributed by atoms with Gasteiger partial charge in [0.2, 0.25) is 5.91 Å². The Labute approximate surface area is 180 Å². The van der Waals surface area contributed by atoms with Gasteiger partial charge in [-0.05, 0) is 54.6 Å². The van der Waals surface area contributed by atoms with Gasteiger partial charge in [-0.3, -0.25) is 19.5 Å². The highest BCUT2D eigenvalue weighted by Crippen LogP contribution is 2.30. The first-order valence-corrected chi connectivity index (χ1v) is 9.97. The van der Waals surface area contributed by atoms with E-state index in [0.717, 1.165) is 11.1 Å². The first-order chi connectivity index (χ1) is 15.0. The number of hydrogen-bond acceptors (Lipinski definition) is 6. The van der Waals surface area contributed by atoms with Gasteiger partial charge in [-0.1, -0.05) is 12.1 Å². The van der Waals surface area contributed by atoms with Gasteiger partial charge in [-0.2, -0.15) is 0 Å². The molecule has 2 N–H and O–H groups in total. The lowest BCUT2D eigenvalue weighted by atomic mass is 10.1. The topological polar surface area (TPSA) is 90.5 Å². The number of aromatic nitrogens is 2. The van der Waals surface area contributed by atoms with E-state index in [9.17, 15) is 9.59 Å². The molecular formula is C23H24N6O2. The van der Waals surface area contributed by atoms with Crippen LogP contribution in [0.1, 0.15) is 27.7 Å². The summed E-state index contributed by atoms with van der Waals surface area (Å²) in [4.78, 5) is 37.0. The zero-order valence-corrected chi connectivity index (χ0v) is 17.4. The summed E-state index contributed by atoms with van der Waals surface area (Å²) in [5.41, 5.74) is 3.26. The molecule has 0 aliphatic carbocycles. The predicted molar refractivity (Wildman–Crippen MR) is 118 cm³/mol. The van der Waals surface area contributed by atoms with Crippen molar-refractivity contribution in [1.82, 2.24) is 20.2 Å². The third-order valence-electron chi connectivity index (χ3n) is 5.15. The highest BCUT2D eigenvalue weighted by Gasteiger charge is 2.30. The maximum Gasteiger partial charge on any atom is 0.256 e. The van der Waals surface area contributed by atoms with E-state index < -0.39 is 0 Å². The van der Waals surface area contributed by atoms with Gasteiger partial charge in [0, 0.05) is 37.9 Å². The molecule has 1 atom stereocenters. The molecule has 1 aromatic carbocycles. The third kappa shape index (κ3) is 4.70. The van der Waals surface area contributed by atoms with Gasteiger partial charge in [0.05, 0.1) is 12.1 Å². The summed E-state index contributed by atoms with van der Waals surface area (Å²) in [5, 5.41) is 5.91. The highest BCUT2D eigenvalue weighted by atomic mass is 16.2. The first-order valence-electron chi connectivity index (χ1n) is 9.97. The Morgan fingerprint density at radius 1 is 1.13 bits per heavy atom. The van der Waals surface area contributed by atoms with Gasteiger partial charge in [0.25, 0.3) is 5.91 Å². The molecule has 4 rings (SSSR count). The second kappa shape index (κ2) is 8.93. The molecule has 0 saturated heterocycles. The van der Waals surface area contributed by atoms with Crippen LogP contribution in [0.25, 0.3) is 0 Å². The molecular weight excluding hydrogens is 392 g/mol. The number of hydrogen-bond donors (Lipinski definition) is 2. The molecule has 1 aliphatic rings. The largest absolute Gasteiger partial charge is 0.335 e. The third-order valence-corrected chi connectivity index (χ3v) is 5.15. The van der Waals surface area contributed by atoms with Crippen LogP contribution in [-0.2, 0) is 11.3 Å². The summed E-state index contributed by atoms with van der Waals surface area (Å²) >= 11 is 0. The zero-order valence-electron chi connectivity index (χ0n) is 17.4. The molecule has 3 aromatic rings. The number of benzene rings is 1. The average molecular weight is 416 g/mol. The summed E-state index contributed by atoms with van der Waals surface area (Å²) in [6.07, 6.45) is 4.83. The molecule has 158 valence electrons. The van der Waals surface area contributed by atoms with E-state index in [1.54, 1.807) is 30.7 Å². The smallest absolute Gasteiger partial charge is 0.256 e. The summed E-state index contributed by atoms with van der Waals surface area (Å²) in [6, 6.07) is 14.8. The number of nitrogens with zero attached hydrogens (tertiary/aromatic N) is 4. The Bertz CT molecular complexity index is 1070. The highest BCUT2D eigenvalue weighted by molar-refractivity contribution is 6.01. The molecule has 0 spiro atoms. The van der Waals surface area contributed by atoms with E-state index in [-0.39, 0.29) is 24.5 Å². The maximum atomic E-state index is 12.4. The van der Waals surface area contributed by atoms with E-state index in [1.807, 2.05) is 60.3 Å². The van der Waals surface area contributed by atoms with Crippen molar-refractivity contribution in [3.63, 3.8) is 0 Å². The van der Waals surface area contributed by atoms with Crippen molar-refractivity contribution in [3.05, 3.63) is 83.8 Å². The normalized spacial score (nSPS) is 15.4. The number of likely N-dealkylation sites (N-methyl/N-ethyl adjacent to an activating group) is 1. The summed E-state index contributed by atoms with van der Waals surface area (Å²) in [6.45, 7) is 0.937. The Kier molecular flexibility index (Phi) is 5.90. The number of anilines is 2. The number of amides is 2. The number of carbonyl (C=O) groups is 2. The van der Waals surface area contributed by atoms with Crippen LogP contribution >= 0.6 is 0 Å². The van der Waals surface area contributed by atoms with Crippen molar-refractivity contribution in [1.29, 1.82) is 0 Å². The van der Waals surface area contributed by atoms with Gasteiger partial charge in [0.1, 0.15) is 12.0 Å². The standard InChI is InChI=1S/C23H24N6O2/c1-28(14-16-9-12-24-13-10-16)15-20(30)26-18-7-5-17(6-8-18)21-27-23(31)19-4-3-11-25-22(19)29(21)2/h3-13,21H,14-15H2,1-2H3,(H,26,30)(H,27,31)/t21-/m1/s1. The average Bonchev–Trinajstić information content (AvgIpc) is 2.77. The van der Waals surface area contributed by atoms with Crippen LogP contribution in [0, 0.1) is 0 Å². The molecule has 3 heterocycles. The van der Waals surface area contributed by atoms with Crippen LogP contribution in [0.5, 0.6) is 0 Å². The van der Waals surface area contributed by atoms with E-state index in [1.165, 1.54) is 0 Å². The van der Waals surface area contributed by atoms with E-state index >= 15 is 0 Å². The first kappa shape index (κ1) is 20.5. The molecule has 31 heavy (non-hydrogen) atoms. The number of nitrogens with one attached hydrogen (secondary N) is 2. The number of pyridine rings is 2. The predicted octanol–water partition coefficient (Wildman–Crippen LogP) is 2.43. The molecule has 1 aliphatic heterocycles. The van der Waals surface area contributed by atoms with Crippen LogP contribution in [0.2, 0.25) is 0 Å². The van der Waals surface area contributed by atoms with Gasteiger partial charge < -0.3 is 15.5 Å². The maximum absolute atomic E-state index is 12.4. The van der Waals surface area contributed by atoms with Crippen molar-refractivity contribution >= 4 is 23.3 Å². The molecule has 2 amide bonds. The Morgan fingerprint density at radius 3 is 2.61 bits per heavy atom. The van der Waals surface area contributed by atoms with Crippen LogP contribution in [0.15, 0.2) is 67.1 Å². The Hall–Kier alpha value is -3.78. The lowest BCUT2D eigenvalue weighted by Gasteiger charge is -2.35. The molecule has 0 saturated carbocycles. The van der Waals surface area contributed by atoms with Crippen molar-refractivity contribution in [2.75, 3.05) is 30.9 Å². The molecule has 0 bridgehead atoms. The van der Waals surface area contributed by atoms with E-state index in [0.29, 0.717) is 23.6 Å². The van der Waals surface area contributed by atoms with Crippen LogP contribution in [0.3, 0.4) is 0 Å². The van der Waals surface area contributed by atoms with Crippen molar-refractivity contribution in [2.24, 2.45) is 0 Å². The van der Waals surface area contributed by atoms with Crippen LogP contribution in [-0.4, -0.2) is 47.3 Å². The Balaban J connectivity index is 1.37. The van der Waals surface area contributed by atoms with Gasteiger partial charge in [-0.15, -0.1) is 0 Å². The fourth-order valence-electron chi connectivity index (χ4n) is 3.63. The molecule has 0 fully saturated rings. The quantitative estimate of drug-likeness (QED) is 0.641.